The molecule has 2 atom stereocenters. The van der Waals surface area contributed by atoms with Crippen molar-refractivity contribution in [3.63, 3.8) is 0 Å². The number of nitrogens with zero attached hydrogens (tertiary/aromatic N) is 2. The molecular weight excluding hydrogens is 332 g/mol. The highest BCUT2D eigenvalue weighted by Crippen LogP contribution is 2.45. The Morgan fingerprint density at radius 3 is 2.31 bits per heavy atom. The smallest absolute Gasteiger partial charge is 0.203 e. The van der Waals surface area contributed by atoms with Crippen molar-refractivity contribution in [1.29, 1.82) is 0 Å². The number of phenolic OH excluding ortho intramolecular Hbond substituents is 1. The summed E-state index contributed by atoms with van der Waals surface area (Å²) in [5.41, 5.74) is 2.49. The SMILES string of the molecule is CN(C)c1ccc(C2C(=O)C(=C3C=CC(=[N+](C)C)C=C3O)C2O)c(O)c1. The molecule has 0 heterocycles. The minimum absolute atomic E-state index is 0.0279. The van der Waals surface area contributed by atoms with Crippen LogP contribution in [0.3, 0.4) is 0 Å². The third-order valence-electron chi connectivity index (χ3n) is 4.81. The van der Waals surface area contributed by atoms with Crippen molar-refractivity contribution in [2.45, 2.75) is 12.0 Å². The van der Waals surface area contributed by atoms with Crippen LogP contribution in [0, 0.1) is 0 Å². The van der Waals surface area contributed by atoms with Gasteiger partial charge in [-0.15, -0.1) is 0 Å². The largest absolute Gasteiger partial charge is 0.508 e. The van der Waals surface area contributed by atoms with Crippen LogP contribution in [0.25, 0.3) is 0 Å². The van der Waals surface area contributed by atoms with Gasteiger partial charge in [-0.1, -0.05) is 6.07 Å². The van der Waals surface area contributed by atoms with Crippen LogP contribution in [-0.4, -0.2) is 65.7 Å². The molecule has 2 unspecified atom stereocenters. The first kappa shape index (κ1) is 17.9. The maximum Gasteiger partial charge on any atom is 0.203 e. The van der Waals surface area contributed by atoms with Crippen LogP contribution in [0.2, 0.25) is 0 Å². The third-order valence-corrected chi connectivity index (χ3v) is 4.81. The molecule has 6 nitrogen and oxygen atoms in total. The number of ketones is 1. The summed E-state index contributed by atoms with van der Waals surface area (Å²) in [6.45, 7) is 0. The number of phenols is 1. The number of hydrogen-bond acceptors (Lipinski definition) is 5. The number of benzene rings is 1. The Morgan fingerprint density at radius 1 is 1.12 bits per heavy atom. The van der Waals surface area contributed by atoms with Gasteiger partial charge < -0.3 is 20.2 Å². The molecule has 1 saturated carbocycles. The van der Waals surface area contributed by atoms with Crippen molar-refractivity contribution < 1.29 is 24.7 Å². The molecule has 1 fully saturated rings. The van der Waals surface area contributed by atoms with Gasteiger partial charge in [0.05, 0.1) is 18.1 Å². The van der Waals surface area contributed by atoms with Crippen LogP contribution < -0.4 is 4.90 Å². The predicted octanol–water partition coefficient (Wildman–Crippen LogP) is 1.51. The second-order valence-corrected chi connectivity index (χ2v) is 6.93. The molecule has 1 aromatic rings. The van der Waals surface area contributed by atoms with Crippen LogP contribution in [0.5, 0.6) is 5.75 Å². The molecule has 0 aliphatic heterocycles. The summed E-state index contributed by atoms with van der Waals surface area (Å²) in [4.78, 5) is 14.5. The summed E-state index contributed by atoms with van der Waals surface area (Å²) in [5.74, 6) is -1.20. The Labute approximate surface area is 152 Å². The second kappa shape index (κ2) is 6.46. The summed E-state index contributed by atoms with van der Waals surface area (Å²) >= 11 is 0. The van der Waals surface area contributed by atoms with Gasteiger partial charge in [-0.3, -0.25) is 4.79 Å². The van der Waals surface area contributed by atoms with Gasteiger partial charge in [-0.25, -0.2) is 4.58 Å². The molecule has 3 N–H and O–H groups in total. The van der Waals surface area contributed by atoms with Crippen molar-refractivity contribution >= 4 is 17.2 Å². The maximum atomic E-state index is 12.7. The fourth-order valence-corrected chi connectivity index (χ4v) is 3.23. The standard InChI is InChI=1S/C20H22N2O4/c1-21(2)11-5-7-13(15(23)9-11)17-19(25)18(20(17)26)14-8-6-12(22(3)4)10-16(14)24/h5-10,17,19,23,25H,1-4H3/p+1. The average molecular weight is 355 g/mol. The number of carbonyl (C=O) groups is 1. The van der Waals surface area contributed by atoms with E-state index in [-0.39, 0.29) is 22.9 Å². The van der Waals surface area contributed by atoms with Crippen molar-refractivity contribution in [2.75, 3.05) is 33.1 Å². The van der Waals surface area contributed by atoms with E-state index in [1.807, 2.05) is 37.7 Å². The fourth-order valence-electron chi connectivity index (χ4n) is 3.23. The van der Waals surface area contributed by atoms with Crippen molar-refractivity contribution in [2.24, 2.45) is 0 Å². The third kappa shape index (κ3) is 2.82. The lowest BCUT2D eigenvalue weighted by Crippen LogP contribution is -2.44. The molecule has 2 aliphatic rings. The minimum atomic E-state index is -1.07. The van der Waals surface area contributed by atoms with Crippen LogP contribution >= 0.6 is 0 Å². The first-order valence-electron chi connectivity index (χ1n) is 8.32. The van der Waals surface area contributed by atoms with E-state index in [0.717, 1.165) is 11.4 Å². The van der Waals surface area contributed by atoms with Gasteiger partial charge in [-0.2, -0.15) is 0 Å². The van der Waals surface area contributed by atoms with Gasteiger partial charge in [0.1, 0.15) is 25.6 Å². The second-order valence-electron chi connectivity index (χ2n) is 6.93. The molecule has 26 heavy (non-hydrogen) atoms. The lowest BCUT2D eigenvalue weighted by atomic mass is 9.69. The summed E-state index contributed by atoms with van der Waals surface area (Å²) < 4.78 is 1.83. The number of Topliss-reactive ketones (excluding diaryl/α,β-unsaturated/α-hetero) is 1. The van der Waals surface area contributed by atoms with E-state index in [4.69, 9.17) is 0 Å². The molecule has 3 rings (SSSR count). The lowest BCUT2D eigenvalue weighted by molar-refractivity contribution is -0.462. The molecule has 0 amide bonds. The number of allylic oxidation sites excluding steroid dienone is 3. The van der Waals surface area contributed by atoms with Gasteiger partial charge in [0.25, 0.3) is 0 Å². The first-order chi connectivity index (χ1) is 12.2. The van der Waals surface area contributed by atoms with Crippen molar-refractivity contribution in [3.8, 4) is 5.75 Å². The molecule has 0 radical (unpaired) electrons. The monoisotopic (exact) mass is 355 g/mol. The number of aliphatic hydroxyl groups is 2. The Hall–Kier alpha value is -2.86. The normalized spacial score (nSPS) is 25.0. The molecule has 0 bridgehead atoms. The Balaban J connectivity index is 1.94. The molecular formula is C20H23N2O4+. The van der Waals surface area contributed by atoms with E-state index in [2.05, 4.69) is 0 Å². The zero-order valence-electron chi connectivity index (χ0n) is 15.3. The molecule has 1 aromatic carbocycles. The number of hydrogen-bond donors (Lipinski definition) is 3. The van der Waals surface area contributed by atoms with E-state index in [1.54, 1.807) is 36.4 Å². The Bertz CT molecular complexity index is 902. The van der Waals surface area contributed by atoms with E-state index in [0.29, 0.717) is 11.1 Å². The van der Waals surface area contributed by atoms with Gasteiger partial charge in [0.2, 0.25) is 5.71 Å². The Morgan fingerprint density at radius 2 is 1.81 bits per heavy atom. The van der Waals surface area contributed by atoms with E-state index in [1.165, 1.54) is 0 Å². The van der Waals surface area contributed by atoms with Crippen LogP contribution in [0.1, 0.15) is 11.5 Å². The highest BCUT2D eigenvalue weighted by molar-refractivity contribution is 6.12. The van der Waals surface area contributed by atoms with Gasteiger partial charge >= 0.3 is 0 Å². The molecule has 0 aromatic heterocycles. The summed E-state index contributed by atoms with van der Waals surface area (Å²) in [6.07, 6.45) is 3.89. The van der Waals surface area contributed by atoms with Gasteiger partial charge in [-0.05, 0) is 12.1 Å². The van der Waals surface area contributed by atoms with Crippen molar-refractivity contribution in [3.05, 3.63) is 58.9 Å². The number of aliphatic hydroxyl groups excluding tert-OH is 2. The van der Waals surface area contributed by atoms with Gasteiger partial charge in [0.15, 0.2) is 5.78 Å². The average Bonchev–Trinajstić information content (AvgIpc) is 2.58. The number of rotatable bonds is 2. The van der Waals surface area contributed by atoms with E-state index >= 15 is 0 Å². The first-order valence-corrected chi connectivity index (χ1v) is 8.32. The lowest BCUT2D eigenvalue weighted by Gasteiger charge is -2.36. The summed E-state index contributed by atoms with van der Waals surface area (Å²) in [6, 6.07) is 5.01. The molecule has 0 saturated heterocycles. The van der Waals surface area contributed by atoms with Crippen LogP contribution in [-0.2, 0) is 4.79 Å². The molecule has 0 spiro atoms. The summed E-state index contributed by atoms with van der Waals surface area (Å²) in [5, 5.41) is 31.1. The molecule has 6 heteroatoms. The highest BCUT2D eigenvalue weighted by Gasteiger charge is 2.48. The van der Waals surface area contributed by atoms with Crippen LogP contribution in [0.15, 0.2) is 53.3 Å². The van der Waals surface area contributed by atoms with Gasteiger partial charge in [0, 0.05) is 48.6 Å². The zero-order chi connectivity index (χ0) is 19.2. The topological polar surface area (TPSA) is 84.0 Å². The minimum Gasteiger partial charge on any atom is -0.508 e. The highest BCUT2D eigenvalue weighted by atomic mass is 16.3. The number of carbonyl (C=O) groups excluding carboxylic acids is 1. The van der Waals surface area contributed by atoms with E-state index in [9.17, 15) is 20.1 Å². The Kier molecular flexibility index (Phi) is 4.46. The predicted molar refractivity (Wildman–Crippen MR) is 100 cm³/mol. The molecule has 2 aliphatic carbocycles. The number of anilines is 1. The summed E-state index contributed by atoms with van der Waals surface area (Å²) in [7, 11) is 7.40. The quantitative estimate of drug-likeness (QED) is 0.553. The zero-order valence-corrected chi connectivity index (χ0v) is 15.3. The van der Waals surface area contributed by atoms with Crippen LogP contribution in [0.4, 0.5) is 5.69 Å². The van der Waals surface area contributed by atoms with E-state index < -0.39 is 12.0 Å². The molecule has 136 valence electrons. The van der Waals surface area contributed by atoms with Crippen molar-refractivity contribution in [1.82, 2.24) is 0 Å². The maximum absolute atomic E-state index is 12.7. The fraction of sp³-hybridized carbons (Fsp3) is 0.300. The number of aromatic hydroxyl groups is 1.